The second-order valence-corrected chi connectivity index (χ2v) is 4.18. The molecule has 0 atom stereocenters. The van der Waals surface area contributed by atoms with E-state index in [-0.39, 0.29) is 5.82 Å². The van der Waals surface area contributed by atoms with E-state index in [0.29, 0.717) is 16.7 Å². The van der Waals surface area contributed by atoms with Crippen molar-refractivity contribution in [2.24, 2.45) is 0 Å². The van der Waals surface area contributed by atoms with Gasteiger partial charge in [-0.25, -0.2) is 9.07 Å². The zero-order valence-corrected chi connectivity index (χ0v) is 10.2. The highest BCUT2D eigenvalue weighted by atomic mass is 79.9. The minimum absolute atomic E-state index is 0.336. The van der Waals surface area contributed by atoms with Crippen molar-refractivity contribution in [3.05, 3.63) is 40.4 Å². The maximum Gasteiger partial charge on any atom is 0.150 e. The fourth-order valence-corrected chi connectivity index (χ4v) is 1.75. The Morgan fingerprint density at radius 1 is 1.50 bits per heavy atom. The molecule has 16 heavy (non-hydrogen) atoms. The summed E-state index contributed by atoms with van der Waals surface area (Å²) < 4.78 is 15.9. The van der Waals surface area contributed by atoms with Crippen molar-refractivity contribution in [1.82, 2.24) is 20.3 Å². The van der Waals surface area contributed by atoms with Crippen LogP contribution in [0.1, 0.15) is 5.69 Å². The second-order valence-electron chi connectivity index (χ2n) is 3.26. The summed E-state index contributed by atoms with van der Waals surface area (Å²) in [6, 6.07) is 4.83. The molecule has 0 amide bonds. The molecule has 0 fully saturated rings. The third-order valence-corrected chi connectivity index (χ3v) is 2.61. The van der Waals surface area contributed by atoms with E-state index in [1.54, 1.807) is 18.3 Å². The SMILES string of the molecule is CNCc1cnnn1-c1ccc(Br)cc1F. The average molecular weight is 285 g/mol. The Labute approximate surface area is 101 Å². The van der Waals surface area contributed by atoms with Crippen LogP contribution in [-0.4, -0.2) is 22.0 Å². The molecule has 1 aromatic carbocycles. The van der Waals surface area contributed by atoms with Crippen LogP contribution in [0.2, 0.25) is 0 Å². The van der Waals surface area contributed by atoms with Crippen LogP contribution < -0.4 is 5.32 Å². The van der Waals surface area contributed by atoms with Gasteiger partial charge in [0.25, 0.3) is 0 Å². The van der Waals surface area contributed by atoms with Crippen LogP contribution in [0.3, 0.4) is 0 Å². The van der Waals surface area contributed by atoms with Crippen molar-refractivity contribution in [3.63, 3.8) is 0 Å². The Kier molecular flexibility index (Phi) is 3.31. The Morgan fingerprint density at radius 3 is 3.00 bits per heavy atom. The number of rotatable bonds is 3. The Balaban J connectivity index is 2.46. The quantitative estimate of drug-likeness (QED) is 0.936. The number of nitrogens with one attached hydrogen (secondary N) is 1. The highest BCUT2D eigenvalue weighted by molar-refractivity contribution is 9.10. The van der Waals surface area contributed by atoms with Crippen molar-refractivity contribution < 1.29 is 4.39 Å². The molecule has 0 aliphatic carbocycles. The minimum atomic E-state index is -0.336. The number of halogens is 2. The van der Waals surface area contributed by atoms with Gasteiger partial charge in [-0.3, -0.25) is 0 Å². The molecule has 1 heterocycles. The molecule has 0 saturated carbocycles. The number of benzene rings is 1. The Hall–Kier alpha value is -1.27. The third kappa shape index (κ3) is 2.12. The van der Waals surface area contributed by atoms with Crippen molar-refractivity contribution in [1.29, 1.82) is 0 Å². The molecule has 1 aromatic heterocycles. The van der Waals surface area contributed by atoms with Crippen LogP contribution in [0.25, 0.3) is 5.69 Å². The summed E-state index contributed by atoms with van der Waals surface area (Å²) in [4.78, 5) is 0. The van der Waals surface area contributed by atoms with Crippen LogP contribution in [0.5, 0.6) is 0 Å². The zero-order chi connectivity index (χ0) is 11.5. The summed E-state index contributed by atoms with van der Waals surface area (Å²) >= 11 is 3.21. The Bertz CT molecular complexity index is 497. The molecule has 0 radical (unpaired) electrons. The summed E-state index contributed by atoms with van der Waals surface area (Å²) in [7, 11) is 1.81. The highest BCUT2D eigenvalue weighted by Gasteiger charge is 2.10. The average Bonchev–Trinajstić information content (AvgIpc) is 2.67. The standard InChI is InChI=1S/C10H10BrFN4/c1-13-5-8-6-14-15-16(8)10-3-2-7(11)4-9(10)12/h2-4,6,13H,5H2,1H3. The first-order valence-electron chi connectivity index (χ1n) is 4.72. The second kappa shape index (κ2) is 4.71. The van der Waals surface area contributed by atoms with Crippen LogP contribution in [-0.2, 0) is 6.54 Å². The smallest absolute Gasteiger partial charge is 0.150 e. The van der Waals surface area contributed by atoms with E-state index in [0.717, 1.165) is 5.69 Å². The van der Waals surface area contributed by atoms with Crippen molar-refractivity contribution >= 4 is 15.9 Å². The lowest BCUT2D eigenvalue weighted by Crippen LogP contribution is -2.11. The van der Waals surface area contributed by atoms with Crippen molar-refractivity contribution in [2.45, 2.75) is 6.54 Å². The molecule has 4 nitrogen and oxygen atoms in total. The third-order valence-electron chi connectivity index (χ3n) is 2.12. The van der Waals surface area contributed by atoms with Gasteiger partial charge in [0.2, 0.25) is 0 Å². The van der Waals surface area contributed by atoms with E-state index < -0.39 is 0 Å². The first-order valence-corrected chi connectivity index (χ1v) is 5.51. The van der Waals surface area contributed by atoms with E-state index in [1.807, 2.05) is 7.05 Å². The van der Waals surface area contributed by atoms with Crippen LogP contribution in [0, 0.1) is 5.82 Å². The lowest BCUT2D eigenvalue weighted by molar-refractivity contribution is 0.598. The molecule has 0 spiro atoms. The predicted molar refractivity (Wildman–Crippen MR) is 61.8 cm³/mol. The summed E-state index contributed by atoms with van der Waals surface area (Å²) in [6.45, 7) is 0.586. The number of hydrogen-bond acceptors (Lipinski definition) is 3. The molecule has 0 saturated heterocycles. The summed E-state index contributed by atoms with van der Waals surface area (Å²) in [5, 5.41) is 10.6. The molecule has 0 aliphatic rings. The molecule has 6 heteroatoms. The largest absolute Gasteiger partial charge is 0.314 e. The van der Waals surface area contributed by atoms with E-state index >= 15 is 0 Å². The molecule has 1 N–H and O–H groups in total. The number of nitrogens with zero attached hydrogens (tertiary/aromatic N) is 3. The minimum Gasteiger partial charge on any atom is -0.314 e. The molecule has 0 bridgehead atoms. The molecular formula is C10H10BrFN4. The van der Waals surface area contributed by atoms with Gasteiger partial charge in [-0.05, 0) is 25.2 Å². The van der Waals surface area contributed by atoms with Gasteiger partial charge in [-0.1, -0.05) is 21.1 Å². The van der Waals surface area contributed by atoms with Gasteiger partial charge in [0.1, 0.15) is 11.5 Å². The summed E-state index contributed by atoms with van der Waals surface area (Å²) in [5.41, 5.74) is 1.20. The first kappa shape index (κ1) is 11.2. The van der Waals surface area contributed by atoms with E-state index in [2.05, 4.69) is 31.6 Å². The maximum absolute atomic E-state index is 13.7. The highest BCUT2D eigenvalue weighted by Crippen LogP contribution is 2.19. The van der Waals surface area contributed by atoms with Crippen molar-refractivity contribution in [2.75, 3.05) is 7.05 Å². The Morgan fingerprint density at radius 2 is 2.31 bits per heavy atom. The van der Waals surface area contributed by atoms with Gasteiger partial charge in [0, 0.05) is 11.0 Å². The monoisotopic (exact) mass is 284 g/mol. The molecular weight excluding hydrogens is 275 g/mol. The normalized spacial score (nSPS) is 10.7. The van der Waals surface area contributed by atoms with Gasteiger partial charge in [0.05, 0.1) is 11.9 Å². The van der Waals surface area contributed by atoms with Crippen LogP contribution >= 0.6 is 15.9 Å². The predicted octanol–water partition coefficient (Wildman–Crippen LogP) is 1.89. The van der Waals surface area contributed by atoms with E-state index in [4.69, 9.17) is 0 Å². The summed E-state index contributed by atoms with van der Waals surface area (Å²) in [6.07, 6.45) is 1.61. The van der Waals surface area contributed by atoms with Gasteiger partial charge < -0.3 is 5.32 Å². The first-order chi connectivity index (χ1) is 7.72. The number of hydrogen-bond donors (Lipinski definition) is 1. The van der Waals surface area contributed by atoms with Gasteiger partial charge in [-0.15, -0.1) is 5.10 Å². The summed E-state index contributed by atoms with van der Waals surface area (Å²) in [5.74, 6) is -0.336. The molecule has 0 aliphatic heterocycles. The fourth-order valence-electron chi connectivity index (χ4n) is 1.41. The van der Waals surface area contributed by atoms with Crippen LogP contribution in [0.15, 0.2) is 28.9 Å². The number of aromatic nitrogens is 3. The maximum atomic E-state index is 13.7. The lowest BCUT2D eigenvalue weighted by atomic mass is 10.3. The topological polar surface area (TPSA) is 42.7 Å². The molecule has 2 aromatic rings. The molecule has 0 unspecified atom stereocenters. The van der Waals surface area contributed by atoms with Gasteiger partial charge in [-0.2, -0.15) is 0 Å². The molecule has 2 rings (SSSR count). The molecule has 84 valence electrons. The zero-order valence-electron chi connectivity index (χ0n) is 8.61. The van der Waals surface area contributed by atoms with Gasteiger partial charge in [0.15, 0.2) is 0 Å². The van der Waals surface area contributed by atoms with E-state index in [9.17, 15) is 4.39 Å². The fraction of sp³-hybridized carbons (Fsp3) is 0.200. The van der Waals surface area contributed by atoms with Crippen LogP contribution in [0.4, 0.5) is 4.39 Å². The van der Waals surface area contributed by atoms with Crippen molar-refractivity contribution in [3.8, 4) is 5.69 Å². The lowest BCUT2D eigenvalue weighted by Gasteiger charge is -2.06. The van der Waals surface area contributed by atoms with E-state index in [1.165, 1.54) is 10.7 Å². The van der Waals surface area contributed by atoms with Gasteiger partial charge >= 0.3 is 0 Å².